The summed E-state index contributed by atoms with van der Waals surface area (Å²) >= 11 is 0. The molecule has 1 amide bonds. The molecule has 4 heterocycles. The largest absolute Gasteiger partial charge is 0.465 e. The third-order valence-electron chi connectivity index (χ3n) is 8.84. The number of methoxy groups -OCH3 is 1. The summed E-state index contributed by atoms with van der Waals surface area (Å²) in [6.45, 7) is 9.69. The van der Waals surface area contributed by atoms with E-state index < -0.39 is 12.2 Å². The van der Waals surface area contributed by atoms with Crippen LogP contribution in [0, 0.1) is 13.8 Å². The number of carbonyl (C=O) groups is 3. The molecule has 0 aliphatic heterocycles. The van der Waals surface area contributed by atoms with E-state index in [1.807, 2.05) is 49.0 Å². The van der Waals surface area contributed by atoms with Gasteiger partial charge in [0.05, 0.1) is 52.5 Å². The number of nitrogens with zero attached hydrogens (tertiary/aromatic N) is 8. The van der Waals surface area contributed by atoms with Crippen LogP contribution in [0.4, 0.5) is 5.95 Å². The zero-order valence-electron chi connectivity index (χ0n) is 29.4. The standard InChI is InChI=1S/C36H42N10O5/c1-6-45-29(16-21(3)41-45)31(47)20-32-38-25-19-24(35(50)51-5)11-13-27(25)43(32)14-8-9-15-44-28-12-10-23(33(37)48)18-26(28)39-36(44)40-34(49)30-17-22(4)42-46(30)7-2/h10-13,16-19,33,48H,6-9,14-15,20,37H2,1-5H3,(H,39,40,49). The number of unbranched alkanes of at least 4 members (excludes halogenated alkanes) is 1. The summed E-state index contributed by atoms with van der Waals surface area (Å²) in [7, 11) is 1.33. The Labute approximate surface area is 294 Å². The number of hydrogen-bond acceptors (Lipinski definition) is 10. The monoisotopic (exact) mass is 694 g/mol. The summed E-state index contributed by atoms with van der Waals surface area (Å²) in [5.74, 6) is 0.0319. The number of fused-ring (bicyclic) bond motifs is 2. The van der Waals surface area contributed by atoms with Crippen LogP contribution in [0.15, 0.2) is 48.5 Å². The lowest BCUT2D eigenvalue weighted by molar-refractivity contribution is 0.0600. The van der Waals surface area contributed by atoms with Crippen LogP contribution in [0.25, 0.3) is 22.1 Å². The molecule has 6 rings (SSSR count). The van der Waals surface area contributed by atoms with Crippen LogP contribution in [0.1, 0.15) is 87.0 Å². The van der Waals surface area contributed by atoms with Gasteiger partial charge in [-0.25, -0.2) is 14.8 Å². The lowest BCUT2D eigenvalue weighted by atomic mass is 10.1. The lowest BCUT2D eigenvalue weighted by Crippen LogP contribution is -2.20. The summed E-state index contributed by atoms with van der Waals surface area (Å²) in [6.07, 6.45) is 0.252. The van der Waals surface area contributed by atoms with E-state index >= 15 is 0 Å². The van der Waals surface area contributed by atoms with Crippen molar-refractivity contribution < 1.29 is 24.2 Å². The highest BCUT2D eigenvalue weighted by atomic mass is 16.5. The van der Waals surface area contributed by atoms with Gasteiger partial charge >= 0.3 is 5.97 Å². The molecular weight excluding hydrogens is 652 g/mol. The van der Waals surface area contributed by atoms with E-state index in [-0.39, 0.29) is 18.1 Å². The number of ether oxygens (including phenoxy) is 1. The van der Waals surface area contributed by atoms with Crippen LogP contribution >= 0.6 is 0 Å². The SMILES string of the molecule is CCn1nc(C)cc1C(=O)Cc1nc2cc(C(=O)OC)ccc2n1CCCCn1c(NC(=O)c2cc(C)nn2CC)nc2cc(C(N)O)ccc21. The molecule has 266 valence electrons. The molecular formula is C36H42N10O5. The minimum atomic E-state index is -1.17. The number of anilines is 1. The number of imidazole rings is 2. The molecule has 15 nitrogen and oxygen atoms in total. The number of aliphatic hydroxyl groups is 1. The Hall–Kier alpha value is -5.67. The number of nitrogens with two attached hydrogens (primary N) is 1. The van der Waals surface area contributed by atoms with Crippen LogP contribution in [-0.4, -0.2) is 68.5 Å². The first kappa shape index (κ1) is 35.2. The summed E-state index contributed by atoms with van der Waals surface area (Å²) in [5.41, 5.74) is 11.8. The van der Waals surface area contributed by atoms with Crippen LogP contribution in [-0.2, 0) is 37.3 Å². The minimum Gasteiger partial charge on any atom is -0.465 e. The molecule has 0 saturated carbocycles. The van der Waals surface area contributed by atoms with Crippen LogP contribution < -0.4 is 11.1 Å². The maximum Gasteiger partial charge on any atom is 0.337 e. The fraction of sp³-hybridized carbons (Fsp3) is 0.361. The Morgan fingerprint density at radius 3 is 2.12 bits per heavy atom. The van der Waals surface area contributed by atoms with Gasteiger partial charge < -0.3 is 24.7 Å². The molecule has 0 spiro atoms. The van der Waals surface area contributed by atoms with Crippen molar-refractivity contribution in [1.29, 1.82) is 0 Å². The molecule has 6 aromatic rings. The molecule has 15 heteroatoms. The number of aromatic nitrogens is 8. The van der Waals surface area contributed by atoms with E-state index in [2.05, 4.69) is 15.5 Å². The number of rotatable bonds is 14. The molecule has 0 bridgehead atoms. The fourth-order valence-electron chi connectivity index (χ4n) is 6.38. The van der Waals surface area contributed by atoms with Gasteiger partial charge in [-0.2, -0.15) is 10.2 Å². The van der Waals surface area contributed by atoms with Crippen molar-refractivity contribution in [2.24, 2.45) is 5.73 Å². The first-order chi connectivity index (χ1) is 24.5. The second kappa shape index (κ2) is 14.7. The van der Waals surface area contributed by atoms with E-state index in [1.165, 1.54) is 7.11 Å². The average Bonchev–Trinajstić information content (AvgIpc) is 3.87. The first-order valence-electron chi connectivity index (χ1n) is 17.0. The normalized spacial score (nSPS) is 12.1. The average molecular weight is 695 g/mol. The maximum absolute atomic E-state index is 13.5. The van der Waals surface area contributed by atoms with Crippen LogP contribution in [0.5, 0.6) is 0 Å². The number of carbonyl (C=O) groups excluding carboxylic acids is 3. The van der Waals surface area contributed by atoms with Gasteiger partial charge in [-0.05, 0) is 88.6 Å². The maximum atomic E-state index is 13.5. The zero-order chi connectivity index (χ0) is 36.4. The number of hydrogen-bond donors (Lipinski definition) is 3. The summed E-state index contributed by atoms with van der Waals surface area (Å²) < 4.78 is 12.2. The van der Waals surface area contributed by atoms with E-state index in [0.29, 0.717) is 84.3 Å². The van der Waals surface area contributed by atoms with Gasteiger partial charge in [0.1, 0.15) is 23.4 Å². The van der Waals surface area contributed by atoms with Gasteiger partial charge in [0.2, 0.25) is 5.95 Å². The molecule has 4 aromatic heterocycles. The van der Waals surface area contributed by atoms with E-state index in [1.54, 1.807) is 45.8 Å². The van der Waals surface area contributed by atoms with Crippen molar-refractivity contribution >= 4 is 45.7 Å². The van der Waals surface area contributed by atoms with E-state index in [0.717, 1.165) is 22.4 Å². The van der Waals surface area contributed by atoms with Crippen molar-refractivity contribution in [3.05, 3.63) is 88.3 Å². The topological polar surface area (TPSA) is 190 Å². The molecule has 0 aliphatic carbocycles. The summed E-state index contributed by atoms with van der Waals surface area (Å²) in [5, 5.41) is 21.8. The minimum absolute atomic E-state index is 0.0544. The summed E-state index contributed by atoms with van der Waals surface area (Å²) in [6, 6.07) is 14.0. The Morgan fingerprint density at radius 1 is 0.843 bits per heavy atom. The van der Waals surface area contributed by atoms with Gasteiger partial charge in [0.25, 0.3) is 5.91 Å². The number of aryl methyl sites for hydroxylation is 6. The quantitative estimate of drug-likeness (QED) is 0.0640. The third-order valence-corrected chi connectivity index (χ3v) is 8.84. The third kappa shape index (κ3) is 7.16. The highest BCUT2D eigenvalue weighted by Gasteiger charge is 2.21. The number of esters is 1. The molecule has 0 radical (unpaired) electrons. The molecule has 0 saturated heterocycles. The van der Waals surface area contributed by atoms with Crippen molar-refractivity contribution in [2.75, 3.05) is 12.4 Å². The smallest absolute Gasteiger partial charge is 0.337 e. The second-order valence-corrected chi connectivity index (χ2v) is 12.4. The summed E-state index contributed by atoms with van der Waals surface area (Å²) in [4.78, 5) is 48.8. The van der Waals surface area contributed by atoms with Gasteiger partial charge in [0.15, 0.2) is 5.78 Å². The van der Waals surface area contributed by atoms with Crippen LogP contribution in [0.2, 0.25) is 0 Å². The fourth-order valence-corrected chi connectivity index (χ4v) is 6.38. The van der Waals surface area contributed by atoms with Gasteiger partial charge in [-0.3, -0.25) is 24.3 Å². The van der Waals surface area contributed by atoms with Crippen molar-refractivity contribution in [1.82, 2.24) is 38.7 Å². The second-order valence-electron chi connectivity index (χ2n) is 12.4. The van der Waals surface area contributed by atoms with Crippen LogP contribution in [0.3, 0.4) is 0 Å². The Bertz CT molecular complexity index is 2260. The molecule has 51 heavy (non-hydrogen) atoms. The molecule has 0 aliphatic rings. The van der Waals surface area contributed by atoms with Gasteiger partial charge in [0, 0.05) is 26.2 Å². The molecule has 1 unspecified atom stereocenters. The van der Waals surface area contributed by atoms with Crippen molar-refractivity contribution in [2.45, 2.75) is 79.4 Å². The highest BCUT2D eigenvalue weighted by molar-refractivity contribution is 6.03. The Kier molecular flexibility index (Phi) is 10.1. The number of amides is 1. The predicted molar refractivity (Wildman–Crippen MR) is 190 cm³/mol. The number of nitrogens with one attached hydrogen (secondary N) is 1. The lowest BCUT2D eigenvalue weighted by Gasteiger charge is -2.13. The zero-order valence-corrected chi connectivity index (χ0v) is 29.4. The molecule has 2 aromatic carbocycles. The first-order valence-corrected chi connectivity index (χ1v) is 17.0. The van der Waals surface area contributed by atoms with Gasteiger partial charge in [-0.1, -0.05) is 6.07 Å². The number of benzene rings is 2. The molecule has 0 fully saturated rings. The van der Waals surface area contributed by atoms with E-state index in [9.17, 15) is 19.5 Å². The Balaban J connectivity index is 1.27. The number of Topliss-reactive ketones (excluding diaryl/α,β-unsaturated/α-hetero) is 1. The van der Waals surface area contributed by atoms with E-state index in [4.69, 9.17) is 20.4 Å². The molecule has 4 N–H and O–H groups in total. The van der Waals surface area contributed by atoms with Gasteiger partial charge in [-0.15, -0.1) is 0 Å². The Morgan fingerprint density at radius 2 is 1.45 bits per heavy atom. The number of aliphatic hydroxyl groups excluding tert-OH is 1. The number of ketones is 1. The van der Waals surface area contributed by atoms with Crippen molar-refractivity contribution in [3.8, 4) is 0 Å². The predicted octanol–water partition coefficient (Wildman–Crippen LogP) is 4.33. The molecule has 1 atom stereocenters. The highest BCUT2D eigenvalue weighted by Crippen LogP contribution is 2.25. The van der Waals surface area contributed by atoms with Crippen molar-refractivity contribution in [3.63, 3.8) is 0 Å².